The molecule has 0 spiro atoms. The molecule has 12 heavy (non-hydrogen) atoms. The van der Waals surface area contributed by atoms with Crippen molar-refractivity contribution in [1.82, 2.24) is 9.79 Å². The predicted octanol–water partition coefficient (Wildman–Crippen LogP) is 1.32. The van der Waals surface area contributed by atoms with E-state index < -0.39 is 0 Å². The molecule has 1 atom stereocenters. The molecule has 1 aromatic rings. The first-order valence-electron chi connectivity index (χ1n) is 3.77. The predicted molar refractivity (Wildman–Crippen MR) is 49.1 cm³/mol. The molecule has 0 saturated carbocycles. The summed E-state index contributed by atoms with van der Waals surface area (Å²) in [6, 6.07) is 10.1. The largest absolute Gasteiger partial charge is 0.271 e. The second-order valence-corrected chi connectivity index (χ2v) is 2.99. The fraction of sp³-hybridized carbons (Fsp3) is 0.250. The fourth-order valence-corrected chi connectivity index (χ4v) is 1.49. The zero-order chi connectivity index (χ0) is 8.39. The van der Waals surface area contributed by atoms with Gasteiger partial charge in [-0.25, -0.2) is 0 Å². The van der Waals surface area contributed by atoms with Gasteiger partial charge in [0.25, 0.3) is 0 Å². The van der Waals surface area contributed by atoms with Crippen LogP contribution in [-0.4, -0.2) is 11.2 Å². The van der Waals surface area contributed by atoms with Crippen LogP contribution in [-0.2, 0) is 4.84 Å². The minimum absolute atomic E-state index is 0.0644. The van der Waals surface area contributed by atoms with Crippen LogP contribution in [0.1, 0.15) is 11.7 Å². The van der Waals surface area contributed by atoms with Crippen LogP contribution >= 0.6 is 12.8 Å². The van der Waals surface area contributed by atoms with Gasteiger partial charge in [-0.2, -0.15) is 0 Å². The van der Waals surface area contributed by atoms with E-state index in [1.807, 2.05) is 30.3 Å². The molecule has 4 heteroatoms. The third-order valence-corrected chi connectivity index (χ3v) is 2.16. The summed E-state index contributed by atoms with van der Waals surface area (Å²) in [4.78, 5) is 5.11. The molecule has 2 rings (SSSR count). The lowest BCUT2D eigenvalue weighted by Gasteiger charge is -2.15. The Bertz CT molecular complexity index is 254. The van der Waals surface area contributed by atoms with Crippen LogP contribution in [0.25, 0.3) is 0 Å². The minimum Gasteiger partial charge on any atom is -0.271 e. The third kappa shape index (κ3) is 1.47. The van der Waals surface area contributed by atoms with Crippen LogP contribution < -0.4 is 5.32 Å². The zero-order valence-corrected chi connectivity index (χ0v) is 7.37. The van der Waals surface area contributed by atoms with E-state index in [9.17, 15) is 0 Å². The molecule has 1 aliphatic heterocycles. The lowest BCUT2D eigenvalue weighted by molar-refractivity contribution is -0.0366. The molecular weight excluding hydrogens is 172 g/mol. The summed E-state index contributed by atoms with van der Waals surface area (Å²) in [6.45, 7) is 0.517. The number of hydroxylamine groups is 1. The summed E-state index contributed by atoms with van der Waals surface area (Å²) in [5, 5.41) is 3.15. The first-order chi connectivity index (χ1) is 5.88. The minimum atomic E-state index is 0.0644. The average molecular weight is 182 g/mol. The maximum Gasteiger partial charge on any atom is 0.123 e. The van der Waals surface area contributed by atoms with Crippen LogP contribution in [0.3, 0.4) is 0 Å². The summed E-state index contributed by atoms with van der Waals surface area (Å²) in [6.07, 6.45) is 0.0644. The highest BCUT2D eigenvalue weighted by Crippen LogP contribution is 2.23. The number of hydrogen-bond donors (Lipinski definition) is 2. The topological polar surface area (TPSA) is 24.5 Å². The molecule has 1 fully saturated rings. The number of thiol groups is 1. The highest BCUT2D eigenvalue weighted by atomic mass is 32.1. The second-order valence-electron chi connectivity index (χ2n) is 2.59. The molecule has 0 bridgehead atoms. The molecule has 0 aliphatic carbocycles. The van der Waals surface area contributed by atoms with Crippen molar-refractivity contribution < 1.29 is 4.84 Å². The van der Waals surface area contributed by atoms with Gasteiger partial charge in [0.2, 0.25) is 0 Å². The molecule has 1 heterocycles. The summed E-state index contributed by atoms with van der Waals surface area (Å²) >= 11 is 4.15. The van der Waals surface area contributed by atoms with Crippen LogP contribution in [0.15, 0.2) is 30.3 Å². The van der Waals surface area contributed by atoms with Crippen molar-refractivity contribution in [3.63, 3.8) is 0 Å². The van der Waals surface area contributed by atoms with Gasteiger partial charge in [-0.1, -0.05) is 43.1 Å². The van der Waals surface area contributed by atoms with E-state index in [0.29, 0.717) is 6.73 Å². The molecular formula is C8H10N2OS. The van der Waals surface area contributed by atoms with Crippen LogP contribution in [0.5, 0.6) is 0 Å². The van der Waals surface area contributed by atoms with Crippen LogP contribution in [0.2, 0.25) is 0 Å². The second kappa shape index (κ2) is 3.45. The van der Waals surface area contributed by atoms with Gasteiger partial charge < -0.3 is 0 Å². The van der Waals surface area contributed by atoms with Crippen molar-refractivity contribution >= 4 is 12.8 Å². The van der Waals surface area contributed by atoms with Crippen molar-refractivity contribution in [3.8, 4) is 0 Å². The first kappa shape index (κ1) is 8.07. The lowest BCUT2D eigenvalue weighted by Crippen LogP contribution is -2.19. The Balaban J connectivity index is 2.19. The Morgan fingerprint density at radius 2 is 2.17 bits per heavy atom. The summed E-state index contributed by atoms with van der Waals surface area (Å²) in [5.74, 6) is 0. The van der Waals surface area contributed by atoms with Gasteiger partial charge in [0.1, 0.15) is 12.9 Å². The normalized spacial score (nSPS) is 24.6. The van der Waals surface area contributed by atoms with Crippen LogP contribution in [0, 0.1) is 0 Å². The van der Waals surface area contributed by atoms with E-state index in [-0.39, 0.29) is 6.17 Å². The van der Waals surface area contributed by atoms with Gasteiger partial charge in [0, 0.05) is 0 Å². The van der Waals surface area contributed by atoms with E-state index in [0.717, 1.165) is 5.56 Å². The Morgan fingerprint density at radius 1 is 1.42 bits per heavy atom. The number of hydrogen-bond acceptors (Lipinski definition) is 4. The first-order valence-corrected chi connectivity index (χ1v) is 4.17. The lowest BCUT2D eigenvalue weighted by atomic mass is 10.2. The molecule has 0 amide bonds. The molecule has 1 saturated heterocycles. The maximum atomic E-state index is 5.11. The standard InChI is InChI=1S/C8H10N2OS/c12-10-8(9-6-11-10)7-4-2-1-3-5-7/h1-5,8-9,12H,6H2. The van der Waals surface area contributed by atoms with E-state index in [1.165, 1.54) is 4.47 Å². The summed E-state index contributed by atoms with van der Waals surface area (Å²) in [5.41, 5.74) is 1.16. The van der Waals surface area contributed by atoms with Gasteiger partial charge in [0.15, 0.2) is 0 Å². The molecule has 1 N–H and O–H groups in total. The van der Waals surface area contributed by atoms with Crippen molar-refractivity contribution in [2.75, 3.05) is 6.73 Å². The van der Waals surface area contributed by atoms with Gasteiger partial charge in [0.05, 0.1) is 0 Å². The Kier molecular flexibility index (Phi) is 2.32. The van der Waals surface area contributed by atoms with E-state index >= 15 is 0 Å². The Morgan fingerprint density at radius 3 is 2.75 bits per heavy atom. The average Bonchev–Trinajstić information content (AvgIpc) is 2.53. The molecule has 64 valence electrons. The number of nitrogens with zero attached hydrogens (tertiary/aromatic N) is 1. The molecule has 1 unspecified atom stereocenters. The molecule has 0 radical (unpaired) electrons. The number of rotatable bonds is 1. The highest BCUT2D eigenvalue weighted by molar-refractivity contribution is 7.77. The smallest absolute Gasteiger partial charge is 0.123 e. The van der Waals surface area contributed by atoms with Crippen molar-refractivity contribution in [2.24, 2.45) is 0 Å². The number of benzene rings is 1. The van der Waals surface area contributed by atoms with Gasteiger partial charge in [-0.15, -0.1) is 4.47 Å². The molecule has 3 nitrogen and oxygen atoms in total. The molecule has 0 aromatic heterocycles. The van der Waals surface area contributed by atoms with Crippen molar-refractivity contribution in [1.29, 1.82) is 0 Å². The van der Waals surface area contributed by atoms with Crippen molar-refractivity contribution in [2.45, 2.75) is 6.17 Å². The summed E-state index contributed by atoms with van der Waals surface area (Å²) in [7, 11) is 0. The van der Waals surface area contributed by atoms with E-state index in [1.54, 1.807) is 0 Å². The summed E-state index contributed by atoms with van der Waals surface area (Å²) < 4.78 is 1.52. The van der Waals surface area contributed by atoms with E-state index in [4.69, 9.17) is 4.84 Å². The molecule has 1 aliphatic rings. The van der Waals surface area contributed by atoms with E-state index in [2.05, 4.69) is 18.1 Å². The Labute approximate surface area is 76.8 Å². The number of nitrogens with one attached hydrogen (secondary N) is 1. The fourth-order valence-electron chi connectivity index (χ4n) is 1.22. The maximum absolute atomic E-state index is 5.11. The SMILES string of the molecule is SN1OCNC1c1ccccc1. The monoisotopic (exact) mass is 182 g/mol. The van der Waals surface area contributed by atoms with Crippen LogP contribution in [0.4, 0.5) is 0 Å². The zero-order valence-electron chi connectivity index (χ0n) is 6.47. The van der Waals surface area contributed by atoms with Gasteiger partial charge >= 0.3 is 0 Å². The van der Waals surface area contributed by atoms with Gasteiger partial charge in [-0.3, -0.25) is 10.2 Å². The van der Waals surface area contributed by atoms with Gasteiger partial charge in [-0.05, 0) is 5.56 Å². The molecule has 1 aromatic carbocycles. The van der Waals surface area contributed by atoms with Crippen molar-refractivity contribution in [3.05, 3.63) is 35.9 Å². The Hall–Kier alpha value is -0.550. The highest BCUT2D eigenvalue weighted by Gasteiger charge is 2.23. The quantitative estimate of drug-likeness (QED) is 0.641. The third-order valence-electron chi connectivity index (χ3n) is 1.81.